The number of nitrogens with two attached hydrogens (primary N) is 2. The molecule has 0 fully saturated rings. The van der Waals surface area contributed by atoms with E-state index in [9.17, 15) is 19.2 Å². The quantitative estimate of drug-likeness (QED) is 0.372. The lowest BCUT2D eigenvalue weighted by Crippen LogP contribution is -2.35. The van der Waals surface area contributed by atoms with Crippen molar-refractivity contribution in [1.82, 2.24) is 5.32 Å². The highest BCUT2D eigenvalue weighted by molar-refractivity contribution is 6.23. The molecule has 1 aliphatic heterocycles. The van der Waals surface area contributed by atoms with Crippen LogP contribution >= 0.6 is 0 Å². The van der Waals surface area contributed by atoms with Crippen molar-refractivity contribution in [2.45, 2.75) is 65.3 Å². The number of carbonyl (C=O) groups excluding carboxylic acids is 4. The third-order valence-electron chi connectivity index (χ3n) is 6.63. The SMILES string of the molecule is CO[C@H]1C[C@H](C)CC2=C(N)C(=O)C=C(NC(=O)/C(C)=C/C=C\[C@H](OC)[C@@H](OC(N)=O)/C(C)=C/[C@H](C)C1)C2=O. The number of hydrogen-bond acceptors (Lipinski definition) is 8. The topological polar surface area (TPSA) is 160 Å². The van der Waals surface area contributed by atoms with Crippen LogP contribution in [0.1, 0.15) is 47.0 Å². The fraction of sp³-hybridized carbons (Fsp3) is 0.500. The van der Waals surface area contributed by atoms with E-state index in [4.69, 9.17) is 25.7 Å². The van der Waals surface area contributed by atoms with E-state index in [1.807, 2.05) is 26.8 Å². The molecule has 1 heterocycles. The number of allylic oxidation sites excluding steroid dienone is 5. The summed E-state index contributed by atoms with van der Waals surface area (Å²) in [5.41, 5.74) is 12.3. The molecule has 10 nitrogen and oxygen atoms in total. The van der Waals surface area contributed by atoms with E-state index in [1.165, 1.54) is 13.2 Å². The monoisotopic (exact) mass is 529 g/mol. The number of hydrogen-bond donors (Lipinski definition) is 3. The zero-order chi connectivity index (χ0) is 28.6. The first-order valence-corrected chi connectivity index (χ1v) is 12.5. The first-order valence-electron chi connectivity index (χ1n) is 12.5. The normalized spacial score (nSPS) is 31.9. The fourth-order valence-corrected chi connectivity index (χ4v) is 4.65. The van der Waals surface area contributed by atoms with Gasteiger partial charge in [-0.2, -0.15) is 0 Å². The van der Waals surface area contributed by atoms with Crippen LogP contribution in [0, 0.1) is 11.8 Å². The zero-order valence-corrected chi connectivity index (χ0v) is 22.9. The van der Waals surface area contributed by atoms with Crippen molar-refractivity contribution in [1.29, 1.82) is 0 Å². The first kappa shape index (κ1) is 30.7. The Morgan fingerprint density at radius 1 is 1.08 bits per heavy atom. The van der Waals surface area contributed by atoms with E-state index in [2.05, 4.69) is 5.32 Å². The van der Waals surface area contributed by atoms with Crippen molar-refractivity contribution in [3.63, 3.8) is 0 Å². The number of nitrogens with one attached hydrogen (secondary N) is 1. The summed E-state index contributed by atoms with van der Waals surface area (Å²) in [7, 11) is 3.09. The molecule has 0 unspecified atom stereocenters. The summed E-state index contributed by atoms with van der Waals surface area (Å²) in [6.45, 7) is 7.36. The summed E-state index contributed by atoms with van der Waals surface area (Å²) < 4.78 is 16.7. The lowest BCUT2D eigenvalue weighted by atomic mass is 9.86. The predicted octanol–water partition coefficient (Wildman–Crippen LogP) is 2.75. The average Bonchev–Trinajstić information content (AvgIpc) is 2.85. The maximum atomic E-state index is 13.2. The summed E-state index contributed by atoms with van der Waals surface area (Å²) >= 11 is 0. The number of primary amides is 1. The van der Waals surface area contributed by atoms with E-state index in [0.717, 1.165) is 11.6 Å². The van der Waals surface area contributed by atoms with Gasteiger partial charge in [-0.3, -0.25) is 14.4 Å². The zero-order valence-electron chi connectivity index (χ0n) is 22.9. The number of ketones is 2. The van der Waals surface area contributed by atoms with Crippen LogP contribution in [0.3, 0.4) is 0 Å². The summed E-state index contributed by atoms with van der Waals surface area (Å²) in [5.74, 6) is -1.56. The van der Waals surface area contributed by atoms with Crippen LogP contribution in [-0.2, 0) is 28.6 Å². The molecule has 208 valence electrons. The summed E-state index contributed by atoms with van der Waals surface area (Å²) in [5, 5.41) is 2.53. The van der Waals surface area contributed by atoms with E-state index in [-0.39, 0.29) is 46.9 Å². The molecular formula is C28H39N3O7. The average molecular weight is 530 g/mol. The molecule has 38 heavy (non-hydrogen) atoms. The molecule has 2 bridgehead atoms. The number of ether oxygens (including phenoxy) is 3. The second-order valence-corrected chi connectivity index (χ2v) is 9.92. The minimum absolute atomic E-state index is 0.0374. The summed E-state index contributed by atoms with van der Waals surface area (Å²) in [4.78, 5) is 50.1. The van der Waals surface area contributed by atoms with Gasteiger partial charge in [0.2, 0.25) is 11.6 Å². The molecule has 0 aromatic carbocycles. The number of Topliss-reactive ketones (excluding diaryl/α,β-unsaturated/α-hetero) is 1. The molecule has 5 N–H and O–H groups in total. The van der Waals surface area contributed by atoms with Crippen molar-refractivity contribution in [2.24, 2.45) is 23.3 Å². The van der Waals surface area contributed by atoms with Gasteiger partial charge in [0.05, 0.1) is 17.5 Å². The molecular weight excluding hydrogens is 490 g/mol. The molecule has 5 atom stereocenters. The summed E-state index contributed by atoms with van der Waals surface area (Å²) in [6.07, 6.45) is 6.71. The van der Waals surface area contributed by atoms with E-state index in [1.54, 1.807) is 26.2 Å². The van der Waals surface area contributed by atoms with Crippen LogP contribution < -0.4 is 16.8 Å². The highest BCUT2D eigenvalue weighted by Gasteiger charge is 2.30. The smallest absolute Gasteiger partial charge is 0.405 e. The first-order chi connectivity index (χ1) is 17.9. The number of methoxy groups -OCH3 is 2. The summed E-state index contributed by atoms with van der Waals surface area (Å²) in [6, 6.07) is 0. The minimum atomic E-state index is -0.939. The van der Waals surface area contributed by atoms with Gasteiger partial charge in [-0.25, -0.2) is 4.79 Å². The van der Waals surface area contributed by atoms with Crippen LogP contribution in [0.25, 0.3) is 0 Å². The standard InChI is InChI=1S/C28H39N3O7/c1-15-10-18(4)26(38-28(30)35)23(37-6)9-7-8-17(3)27(34)31-21-14-22(32)24(29)20(25(21)33)13-16(2)12-19(11-15)36-5/h7-10,14-16,19,23,26H,11-13,29H2,1-6H3,(H2,30,35)(H,31,34)/b9-7-,17-8+,18-10+/t15-,16-,19+,23-,26-/m0/s1. The van der Waals surface area contributed by atoms with Crippen LogP contribution in [0.2, 0.25) is 0 Å². The number of rotatable bonds is 3. The lowest BCUT2D eigenvalue weighted by molar-refractivity contribution is -0.120. The van der Waals surface area contributed by atoms with E-state index < -0.39 is 35.8 Å². The van der Waals surface area contributed by atoms with Gasteiger partial charge in [0.1, 0.15) is 6.10 Å². The van der Waals surface area contributed by atoms with Crippen molar-refractivity contribution in [3.05, 3.63) is 58.5 Å². The van der Waals surface area contributed by atoms with Crippen molar-refractivity contribution in [2.75, 3.05) is 14.2 Å². The van der Waals surface area contributed by atoms with Crippen LogP contribution in [-0.4, -0.2) is 56.1 Å². The maximum Gasteiger partial charge on any atom is 0.405 e. The van der Waals surface area contributed by atoms with Gasteiger partial charge in [0.15, 0.2) is 6.10 Å². The Morgan fingerprint density at radius 2 is 1.76 bits per heavy atom. The molecule has 2 amide bonds. The molecule has 0 aromatic rings. The minimum Gasteiger partial charge on any atom is -0.439 e. The van der Waals surface area contributed by atoms with Crippen LogP contribution in [0.5, 0.6) is 0 Å². The van der Waals surface area contributed by atoms with E-state index >= 15 is 0 Å². The molecule has 0 saturated heterocycles. The van der Waals surface area contributed by atoms with Crippen LogP contribution in [0.15, 0.2) is 58.5 Å². The Morgan fingerprint density at radius 3 is 2.37 bits per heavy atom. The lowest BCUT2D eigenvalue weighted by Gasteiger charge is -2.26. The van der Waals surface area contributed by atoms with Crippen molar-refractivity contribution in [3.8, 4) is 0 Å². The Bertz CT molecular complexity index is 1100. The number of amides is 2. The molecule has 10 heteroatoms. The van der Waals surface area contributed by atoms with Crippen molar-refractivity contribution < 1.29 is 33.4 Å². The Balaban J connectivity index is 2.52. The number of fused-ring (bicyclic) bond motifs is 2. The molecule has 2 rings (SSSR count). The second-order valence-electron chi connectivity index (χ2n) is 9.92. The van der Waals surface area contributed by atoms with Gasteiger partial charge in [-0.05, 0) is 50.5 Å². The Hall–Kier alpha value is -3.50. The Kier molecular flexibility index (Phi) is 11.2. The van der Waals surface area contributed by atoms with Crippen LogP contribution in [0.4, 0.5) is 4.79 Å². The fourth-order valence-electron chi connectivity index (χ4n) is 4.65. The van der Waals surface area contributed by atoms with Gasteiger partial charge in [0.25, 0.3) is 5.91 Å². The second kappa shape index (κ2) is 13.9. The molecule has 0 spiro atoms. The van der Waals surface area contributed by atoms with Gasteiger partial charge < -0.3 is 31.0 Å². The molecule has 0 radical (unpaired) electrons. The largest absolute Gasteiger partial charge is 0.439 e. The van der Waals surface area contributed by atoms with Crippen molar-refractivity contribution >= 4 is 23.6 Å². The highest BCUT2D eigenvalue weighted by atomic mass is 16.6. The third-order valence-corrected chi connectivity index (χ3v) is 6.63. The van der Waals surface area contributed by atoms with Gasteiger partial charge in [-0.15, -0.1) is 0 Å². The maximum absolute atomic E-state index is 13.2. The van der Waals surface area contributed by atoms with Gasteiger partial charge >= 0.3 is 6.09 Å². The number of carbonyl (C=O) groups is 4. The Labute approximate surface area is 223 Å². The highest BCUT2D eigenvalue weighted by Crippen LogP contribution is 2.27. The molecule has 1 aliphatic carbocycles. The molecule has 2 aliphatic rings. The van der Waals surface area contributed by atoms with E-state index in [0.29, 0.717) is 12.8 Å². The molecule has 0 aromatic heterocycles. The third kappa shape index (κ3) is 8.26. The van der Waals surface area contributed by atoms with Gasteiger partial charge in [0, 0.05) is 31.4 Å². The van der Waals surface area contributed by atoms with Gasteiger partial charge in [-0.1, -0.05) is 38.2 Å². The molecule has 0 saturated carbocycles. The predicted molar refractivity (Wildman–Crippen MR) is 142 cm³/mol.